The molecule has 3 saturated heterocycles. The number of terminal acetylenes is 1. The van der Waals surface area contributed by atoms with Crippen molar-refractivity contribution < 1.29 is 37.5 Å². The van der Waals surface area contributed by atoms with E-state index >= 15 is 0 Å². The first-order valence-corrected chi connectivity index (χ1v) is 23.5. The average Bonchev–Trinajstić information content (AvgIpc) is 3.86. The second-order valence-corrected chi connectivity index (χ2v) is 19.2. The molecule has 2 saturated carbocycles. The van der Waals surface area contributed by atoms with E-state index in [-0.39, 0.29) is 47.3 Å². The summed E-state index contributed by atoms with van der Waals surface area (Å²) in [6, 6.07) is 7.73. The van der Waals surface area contributed by atoms with Crippen LogP contribution in [-0.4, -0.2) is 117 Å². The maximum Gasteiger partial charge on any atom is 0.284 e. The van der Waals surface area contributed by atoms with Crippen LogP contribution < -0.4 is 20.9 Å². The van der Waals surface area contributed by atoms with Crippen LogP contribution in [0.15, 0.2) is 48.9 Å². The fraction of sp³-hybridized carbons (Fsp3) is 0.510. The van der Waals surface area contributed by atoms with Crippen LogP contribution in [0.4, 0.5) is 26.0 Å². The maximum atomic E-state index is 14.4. The van der Waals surface area contributed by atoms with Gasteiger partial charge in [-0.3, -0.25) is 43.9 Å². The highest BCUT2D eigenvalue weighted by Gasteiger charge is 2.48. The predicted molar refractivity (Wildman–Crippen MR) is 244 cm³/mol. The number of imide groups is 2. The summed E-state index contributed by atoms with van der Waals surface area (Å²) >= 11 is 0. The molecule has 7 heterocycles. The van der Waals surface area contributed by atoms with Crippen LogP contribution in [0.25, 0.3) is 10.9 Å². The first-order valence-electron chi connectivity index (χ1n) is 23.5. The number of aromatic nitrogens is 4. The molecule has 2 atom stereocenters. The number of benzene rings is 1. The number of ether oxygens (including phenoxy) is 1. The van der Waals surface area contributed by atoms with Crippen molar-refractivity contribution in [2.24, 2.45) is 17.3 Å². The number of carbonyl (C=O) groups excluding carboxylic acids is 5. The highest BCUT2D eigenvalue weighted by Crippen LogP contribution is 2.53. The van der Waals surface area contributed by atoms with E-state index in [0.717, 1.165) is 75.9 Å². The third-order valence-corrected chi connectivity index (χ3v) is 15.0. The topological polar surface area (TPSA) is 184 Å². The Hall–Kier alpha value is -6.32. The second-order valence-electron chi connectivity index (χ2n) is 19.2. The smallest absolute Gasteiger partial charge is 0.284 e. The van der Waals surface area contributed by atoms with E-state index in [0.29, 0.717) is 72.4 Å². The van der Waals surface area contributed by atoms with E-state index < -0.39 is 47.7 Å². The summed E-state index contributed by atoms with van der Waals surface area (Å²) < 4.78 is 36.1. The number of rotatable bonds is 12. The molecule has 10 rings (SSSR count). The van der Waals surface area contributed by atoms with E-state index in [2.05, 4.69) is 41.8 Å². The SMILES string of the molecule is C#CCC1COCCN1c1ccc2cncc(C(=O)Nc3cn(C4CCC(CN5CCC6(CC5)CC(CNc5cccc7c5C(=O)N(C5CCC(=O)NC5=O)C7=O)C6)CC4)nc3C(F)F)c2n1. The highest BCUT2D eigenvalue weighted by atomic mass is 19.3. The van der Waals surface area contributed by atoms with Crippen LogP contribution in [0.5, 0.6) is 0 Å². The molecule has 6 aliphatic rings. The van der Waals surface area contributed by atoms with Crippen LogP contribution in [0, 0.1) is 29.6 Å². The van der Waals surface area contributed by atoms with Crippen LogP contribution in [0.2, 0.25) is 0 Å². The second kappa shape index (κ2) is 18.4. The highest BCUT2D eigenvalue weighted by molar-refractivity contribution is 6.25. The molecule has 2 aliphatic carbocycles. The van der Waals surface area contributed by atoms with E-state index in [1.165, 1.54) is 12.4 Å². The summed E-state index contributed by atoms with van der Waals surface area (Å²) in [4.78, 5) is 79.5. The molecule has 18 heteroatoms. The third-order valence-electron chi connectivity index (χ3n) is 15.0. The van der Waals surface area contributed by atoms with Gasteiger partial charge in [0, 0.05) is 62.1 Å². The van der Waals surface area contributed by atoms with Crippen molar-refractivity contribution in [1.29, 1.82) is 0 Å². The molecule has 67 heavy (non-hydrogen) atoms. The molecule has 3 N–H and O–H groups in total. The van der Waals surface area contributed by atoms with Gasteiger partial charge in [0.05, 0.1) is 53.2 Å². The van der Waals surface area contributed by atoms with Gasteiger partial charge in [-0.15, -0.1) is 12.3 Å². The number of piperidine rings is 2. The zero-order valence-electron chi connectivity index (χ0n) is 37.2. The van der Waals surface area contributed by atoms with Crippen LogP contribution in [0.3, 0.4) is 0 Å². The molecular weight excluding hydrogens is 863 g/mol. The Morgan fingerprint density at radius 1 is 0.970 bits per heavy atom. The molecule has 3 aromatic heterocycles. The molecule has 0 bridgehead atoms. The molecule has 4 aliphatic heterocycles. The minimum Gasteiger partial charge on any atom is -0.384 e. The number of nitrogens with zero attached hydrogens (tertiary/aromatic N) is 7. The van der Waals surface area contributed by atoms with Crippen LogP contribution >= 0.6 is 0 Å². The summed E-state index contributed by atoms with van der Waals surface area (Å²) in [5.74, 6) is 1.63. The third kappa shape index (κ3) is 8.75. The molecule has 0 radical (unpaired) electrons. The molecule has 16 nitrogen and oxygen atoms in total. The lowest BCUT2D eigenvalue weighted by atomic mass is 9.57. The van der Waals surface area contributed by atoms with Gasteiger partial charge in [-0.05, 0) is 112 Å². The first-order chi connectivity index (χ1) is 32.5. The Morgan fingerprint density at radius 3 is 2.54 bits per heavy atom. The number of halogens is 2. The number of likely N-dealkylation sites (tertiary alicyclic amines) is 1. The number of hydrogen-bond donors (Lipinski definition) is 3. The van der Waals surface area contributed by atoms with Crippen molar-refractivity contribution in [3.05, 3.63) is 71.3 Å². The molecule has 1 spiro atoms. The maximum absolute atomic E-state index is 14.4. The summed E-state index contributed by atoms with van der Waals surface area (Å²) in [6.45, 7) is 5.31. The predicted octanol–water partition coefficient (Wildman–Crippen LogP) is 5.98. The van der Waals surface area contributed by atoms with Crippen LogP contribution in [-0.2, 0) is 14.3 Å². The summed E-state index contributed by atoms with van der Waals surface area (Å²) in [5.41, 5.74) is 1.53. The normalized spacial score (nSPS) is 24.4. The molecule has 1 aromatic carbocycles. The average molecular weight is 917 g/mol. The monoisotopic (exact) mass is 916 g/mol. The minimum absolute atomic E-state index is 0.0256. The van der Waals surface area contributed by atoms with Crippen molar-refractivity contribution in [2.75, 3.05) is 61.5 Å². The Morgan fingerprint density at radius 2 is 1.78 bits per heavy atom. The lowest BCUT2D eigenvalue weighted by molar-refractivity contribution is -0.136. The van der Waals surface area contributed by atoms with Gasteiger partial charge in [0.1, 0.15) is 11.9 Å². The number of hydrogen-bond acceptors (Lipinski definition) is 12. The summed E-state index contributed by atoms with van der Waals surface area (Å²) in [6.07, 6.45) is 15.9. The van der Waals surface area contributed by atoms with Crippen molar-refractivity contribution >= 4 is 57.6 Å². The number of amides is 5. The zero-order valence-corrected chi connectivity index (χ0v) is 37.2. The number of morpholine rings is 1. The Bertz CT molecular complexity index is 2640. The number of anilines is 3. The van der Waals surface area contributed by atoms with Gasteiger partial charge in [-0.1, -0.05) is 6.07 Å². The van der Waals surface area contributed by atoms with E-state index in [9.17, 15) is 32.8 Å². The van der Waals surface area contributed by atoms with Crippen molar-refractivity contribution in [3.63, 3.8) is 0 Å². The van der Waals surface area contributed by atoms with E-state index in [4.69, 9.17) is 16.1 Å². The molecule has 5 fully saturated rings. The summed E-state index contributed by atoms with van der Waals surface area (Å²) in [5, 5.41) is 13.4. The molecular formula is C49H54F2N10O6. The van der Waals surface area contributed by atoms with Crippen molar-refractivity contribution in [2.45, 2.75) is 95.2 Å². The fourth-order valence-corrected chi connectivity index (χ4v) is 11.5. The quantitative estimate of drug-likeness (QED) is 0.112. The van der Waals surface area contributed by atoms with E-state index in [1.807, 2.05) is 12.1 Å². The number of alkyl halides is 2. The lowest BCUT2D eigenvalue weighted by Crippen LogP contribution is -2.54. The van der Waals surface area contributed by atoms with Crippen molar-refractivity contribution in [1.82, 2.24) is 34.9 Å². The lowest BCUT2D eigenvalue weighted by Gasteiger charge is -2.53. The summed E-state index contributed by atoms with van der Waals surface area (Å²) in [7, 11) is 0. The fourth-order valence-electron chi connectivity index (χ4n) is 11.5. The molecule has 5 amide bonds. The van der Waals surface area contributed by atoms with Gasteiger partial charge < -0.3 is 25.2 Å². The first kappa shape index (κ1) is 44.5. The molecule has 350 valence electrons. The Labute approximate surface area is 386 Å². The molecule has 4 aromatic rings. The largest absolute Gasteiger partial charge is 0.384 e. The number of fused-ring (bicyclic) bond motifs is 2. The van der Waals surface area contributed by atoms with Gasteiger partial charge in [0.15, 0.2) is 5.69 Å². The van der Waals surface area contributed by atoms with Gasteiger partial charge >= 0.3 is 0 Å². The van der Waals surface area contributed by atoms with Crippen molar-refractivity contribution in [3.8, 4) is 12.3 Å². The van der Waals surface area contributed by atoms with Gasteiger partial charge in [0.25, 0.3) is 24.1 Å². The van der Waals surface area contributed by atoms with Gasteiger partial charge in [-0.25, -0.2) is 13.8 Å². The number of carbonyl (C=O) groups is 5. The van der Waals surface area contributed by atoms with Crippen LogP contribution in [0.1, 0.15) is 120 Å². The van der Waals surface area contributed by atoms with Gasteiger partial charge in [-0.2, -0.15) is 5.10 Å². The Balaban J connectivity index is 0.697. The zero-order chi connectivity index (χ0) is 46.4. The minimum atomic E-state index is -2.88. The van der Waals surface area contributed by atoms with Gasteiger partial charge in [0.2, 0.25) is 11.8 Å². The Kier molecular flexibility index (Phi) is 12.2. The van der Waals surface area contributed by atoms with E-state index in [1.54, 1.807) is 29.1 Å². The number of nitrogens with one attached hydrogen (secondary N) is 3. The number of pyridine rings is 2. The molecule has 2 unspecified atom stereocenters. The standard InChI is InChI=1S/C49H54F2N10O6/c1-2-4-33-28-67-20-19-59(33)39-13-9-31-24-52-25-35(42(31)55-39)45(63)54-37-27-60(57-43(37)44(50)51)32-10-7-29(8-11-32)26-58-17-15-49(16-18-58)21-30(22-49)23-53-36-6-3-5-34-41(36)48(66)61(47(34)65)38-12-14-40(62)56-46(38)64/h1,3,5-6,9,13,24-25,27,29-30,32-33,38,44,53H,4,7-8,10-12,14-23,26,28H2,(H,54,63)(H,56,62,64).